The van der Waals surface area contributed by atoms with Gasteiger partial charge in [0.2, 0.25) is 0 Å². The summed E-state index contributed by atoms with van der Waals surface area (Å²) in [6.45, 7) is 6.49. The third-order valence-corrected chi connectivity index (χ3v) is 2.89. The van der Waals surface area contributed by atoms with Crippen LogP contribution in [0.1, 0.15) is 12.5 Å². The third-order valence-electron chi connectivity index (χ3n) is 2.39. The van der Waals surface area contributed by atoms with Gasteiger partial charge in [0.05, 0.1) is 6.61 Å². The van der Waals surface area contributed by atoms with E-state index in [1.807, 2.05) is 25.1 Å². The lowest BCUT2D eigenvalue weighted by atomic mass is 10.2. The Balaban J connectivity index is 2.39. The summed E-state index contributed by atoms with van der Waals surface area (Å²) in [4.78, 5) is 0. The molecule has 0 spiro atoms. The van der Waals surface area contributed by atoms with Crippen molar-refractivity contribution in [1.29, 1.82) is 0 Å². The molecule has 0 aliphatic carbocycles. The van der Waals surface area contributed by atoms with Crippen LogP contribution < -0.4 is 10.1 Å². The van der Waals surface area contributed by atoms with E-state index in [0.29, 0.717) is 0 Å². The van der Waals surface area contributed by atoms with Gasteiger partial charge in [0.1, 0.15) is 11.9 Å². The highest BCUT2D eigenvalue weighted by atomic mass is 79.9. The summed E-state index contributed by atoms with van der Waals surface area (Å²) in [5, 5.41) is 3.28. The maximum atomic E-state index is 5.87. The molecule has 0 aliphatic heterocycles. The molecule has 3 nitrogen and oxygen atoms in total. The third kappa shape index (κ3) is 5.52. The van der Waals surface area contributed by atoms with E-state index in [2.05, 4.69) is 28.2 Å². The van der Waals surface area contributed by atoms with Crippen molar-refractivity contribution < 1.29 is 9.47 Å². The molecule has 0 aliphatic rings. The fourth-order valence-electron chi connectivity index (χ4n) is 1.44. The summed E-state index contributed by atoms with van der Waals surface area (Å²) < 4.78 is 11.9. The predicted molar refractivity (Wildman–Crippen MR) is 73.7 cm³/mol. The molecule has 1 aromatic rings. The molecule has 4 heteroatoms. The molecule has 0 bridgehead atoms. The first kappa shape index (κ1) is 14.5. The zero-order valence-electron chi connectivity index (χ0n) is 10.6. The van der Waals surface area contributed by atoms with Crippen molar-refractivity contribution in [1.82, 2.24) is 5.32 Å². The number of rotatable bonds is 7. The molecule has 1 rings (SSSR count). The van der Waals surface area contributed by atoms with Crippen LogP contribution in [0.25, 0.3) is 0 Å². The second kappa shape index (κ2) is 7.69. The highest BCUT2D eigenvalue weighted by Crippen LogP contribution is 2.23. The molecular formula is C13H20BrNO2. The highest BCUT2D eigenvalue weighted by Gasteiger charge is 2.06. The number of hydrogen-bond donors (Lipinski definition) is 1. The average molecular weight is 302 g/mol. The van der Waals surface area contributed by atoms with Crippen molar-refractivity contribution in [2.24, 2.45) is 0 Å². The van der Waals surface area contributed by atoms with Crippen LogP contribution >= 0.6 is 15.9 Å². The Kier molecular flexibility index (Phi) is 6.55. The Labute approximate surface area is 112 Å². The second-order valence-corrected chi connectivity index (χ2v) is 4.95. The standard InChI is InChI=1S/C13H20BrNO2/c1-10-4-5-12(14)8-13(10)17-11(2)9-15-6-7-16-3/h4-5,8,11,15H,6-7,9H2,1-3H3. The Morgan fingerprint density at radius 3 is 2.88 bits per heavy atom. The van der Waals surface area contributed by atoms with Gasteiger partial charge in [-0.15, -0.1) is 0 Å². The number of ether oxygens (including phenoxy) is 2. The minimum Gasteiger partial charge on any atom is -0.489 e. The topological polar surface area (TPSA) is 30.5 Å². The SMILES string of the molecule is COCCNCC(C)Oc1cc(Br)ccc1C. The second-order valence-electron chi connectivity index (χ2n) is 4.04. The maximum absolute atomic E-state index is 5.87. The summed E-state index contributed by atoms with van der Waals surface area (Å²) in [7, 11) is 1.70. The van der Waals surface area contributed by atoms with E-state index in [1.54, 1.807) is 7.11 Å². The molecular weight excluding hydrogens is 282 g/mol. The highest BCUT2D eigenvalue weighted by molar-refractivity contribution is 9.10. The van der Waals surface area contributed by atoms with Gasteiger partial charge >= 0.3 is 0 Å². The van der Waals surface area contributed by atoms with Crippen molar-refractivity contribution >= 4 is 15.9 Å². The number of halogens is 1. The zero-order chi connectivity index (χ0) is 12.7. The van der Waals surface area contributed by atoms with Crippen molar-refractivity contribution in [3.8, 4) is 5.75 Å². The van der Waals surface area contributed by atoms with Gasteiger partial charge in [0.25, 0.3) is 0 Å². The molecule has 0 saturated carbocycles. The van der Waals surface area contributed by atoms with Crippen LogP contribution in [0.15, 0.2) is 22.7 Å². The molecule has 96 valence electrons. The normalized spacial score (nSPS) is 12.5. The Morgan fingerprint density at radius 2 is 2.18 bits per heavy atom. The smallest absolute Gasteiger partial charge is 0.123 e. The first-order valence-electron chi connectivity index (χ1n) is 5.76. The van der Waals surface area contributed by atoms with Gasteiger partial charge in [0, 0.05) is 24.7 Å². The monoisotopic (exact) mass is 301 g/mol. The molecule has 0 fully saturated rings. The predicted octanol–water partition coefficient (Wildman–Crippen LogP) is 2.76. The fraction of sp³-hybridized carbons (Fsp3) is 0.538. The molecule has 0 heterocycles. The van der Waals surface area contributed by atoms with Crippen molar-refractivity contribution in [2.75, 3.05) is 26.8 Å². The molecule has 1 atom stereocenters. The van der Waals surface area contributed by atoms with Crippen molar-refractivity contribution in [3.05, 3.63) is 28.2 Å². The van der Waals surface area contributed by atoms with Gasteiger partial charge in [-0.25, -0.2) is 0 Å². The van der Waals surface area contributed by atoms with Gasteiger partial charge in [-0.3, -0.25) is 0 Å². The molecule has 0 amide bonds. The summed E-state index contributed by atoms with van der Waals surface area (Å²) in [5.74, 6) is 0.931. The maximum Gasteiger partial charge on any atom is 0.123 e. The van der Waals surface area contributed by atoms with Gasteiger partial charge in [-0.05, 0) is 31.5 Å². The quantitative estimate of drug-likeness (QED) is 0.786. The van der Waals surface area contributed by atoms with Gasteiger partial charge < -0.3 is 14.8 Å². The minimum atomic E-state index is 0.139. The van der Waals surface area contributed by atoms with E-state index >= 15 is 0 Å². The number of nitrogens with one attached hydrogen (secondary N) is 1. The van der Waals surface area contributed by atoms with E-state index in [-0.39, 0.29) is 6.10 Å². The first-order chi connectivity index (χ1) is 8.13. The molecule has 1 aromatic carbocycles. The van der Waals surface area contributed by atoms with Crippen LogP contribution in [0.4, 0.5) is 0 Å². The molecule has 1 N–H and O–H groups in total. The minimum absolute atomic E-state index is 0.139. The molecule has 17 heavy (non-hydrogen) atoms. The van der Waals surface area contributed by atoms with E-state index in [4.69, 9.17) is 9.47 Å². The lowest BCUT2D eigenvalue weighted by molar-refractivity contribution is 0.184. The van der Waals surface area contributed by atoms with Crippen LogP contribution in [0.3, 0.4) is 0 Å². The Bertz CT molecular complexity index is 344. The largest absolute Gasteiger partial charge is 0.489 e. The lowest BCUT2D eigenvalue weighted by Crippen LogP contribution is -2.31. The van der Waals surface area contributed by atoms with E-state index in [1.165, 1.54) is 0 Å². The molecule has 1 unspecified atom stereocenters. The number of methoxy groups -OCH3 is 1. The number of aryl methyl sites for hydroxylation is 1. The van der Waals surface area contributed by atoms with E-state index in [9.17, 15) is 0 Å². The summed E-state index contributed by atoms with van der Waals surface area (Å²) in [6.07, 6.45) is 0.139. The van der Waals surface area contributed by atoms with Crippen molar-refractivity contribution in [2.45, 2.75) is 20.0 Å². The van der Waals surface area contributed by atoms with E-state index < -0.39 is 0 Å². The van der Waals surface area contributed by atoms with Gasteiger partial charge in [-0.1, -0.05) is 22.0 Å². The number of hydrogen-bond acceptors (Lipinski definition) is 3. The van der Waals surface area contributed by atoms with Gasteiger partial charge in [-0.2, -0.15) is 0 Å². The summed E-state index contributed by atoms with van der Waals surface area (Å²) in [5.41, 5.74) is 1.15. The summed E-state index contributed by atoms with van der Waals surface area (Å²) >= 11 is 3.45. The number of benzene rings is 1. The van der Waals surface area contributed by atoms with Crippen LogP contribution in [0, 0.1) is 6.92 Å². The molecule has 0 saturated heterocycles. The molecule has 0 radical (unpaired) electrons. The van der Waals surface area contributed by atoms with Gasteiger partial charge in [0.15, 0.2) is 0 Å². The van der Waals surface area contributed by atoms with E-state index in [0.717, 1.165) is 35.5 Å². The molecule has 0 aromatic heterocycles. The van der Waals surface area contributed by atoms with Crippen molar-refractivity contribution in [3.63, 3.8) is 0 Å². The van der Waals surface area contributed by atoms with Crippen LogP contribution in [0.5, 0.6) is 5.75 Å². The average Bonchev–Trinajstić information content (AvgIpc) is 2.29. The Hall–Kier alpha value is -0.580. The van der Waals surface area contributed by atoms with Crippen LogP contribution in [-0.4, -0.2) is 32.9 Å². The fourth-order valence-corrected chi connectivity index (χ4v) is 1.78. The lowest BCUT2D eigenvalue weighted by Gasteiger charge is -2.17. The van der Waals surface area contributed by atoms with Crippen LogP contribution in [-0.2, 0) is 4.74 Å². The zero-order valence-corrected chi connectivity index (χ0v) is 12.2. The summed E-state index contributed by atoms with van der Waals surface area (Å²) in [6, 6.07) is 6.06. The van der Waals surface area contributed by atoms with Crippen LogP contribution in [0.2, 0.25) is 0 Å². The Morgan fingerprint density at radius 1 is 1.41 bits per heavy atom. The first-order valence-corrected chi connectivity index (χ1v) is 6.55.